The zero-order valence-corrected chi connectivity index (χ0v) is 16.9. The number of hydrogen-bond acceptors (Lipinski definition) is 5. The van der Waals surface area contributed by atoms with Gasteiger partial charge in [0.05, 0.1) is 28.5 Å². The fourth-order valence-corrected chi connectivity index (χ4v) is 3.50. The molecule has 0 aliphatic carbocycles. The molecule has 0 unspecified atom stereocenters. The summed E-state index contributed by atoms with van der Waals surface area (Å²) in [6, 6.07) is 8.85. The van der Waals surface area contributed by atoms with Crippen LogP contribution in [0.2, 0.25) is 5.02 Å². The van der Waals surface area contributed by atoms with Crippen molar-refractivity contribution in [1.29, 1.82) is 0 Å². The molecule has 0 bridgehead atoms. The van der Waals surface area contributed by atoms with E-state index in [1.165, 1.54) is 17.0 Å². The number of rotatable bonds is 4. The molecule has 4 rings (SSSR count). The number of nitrogens with one attached hydrogen (secondary N) is 1. The number of nitrogens with zero attached hydrogens (tertiary/aromatic N) is 2. The Hall–Kier alpha value is -3.39. The lowest BCUT2D eigenvalue weighted by Crippen LogP contribution is -2.38. The van der Waals surface area contributed by atoms with E-state index in [2.05, 4.69) is 10.5 Å². The van der Waals surface area contributed by atoms with Crippen LogP contribution < -0.4 is 15.0 Å². The van der Waals surface area contributed by atoms with E-state index in [4.69, 9.17) is 20.9 Å². The van der Waals surface area contributed by atoms with Crippen molar-refractivity contribution in [2.24, 2.45) is 0 Å². The molecule has 0 saturated carbocycles. The highest BCUT2D eigenvalue weighted by atomic mass is 35.5. The Labute approximate surface area is 176 Å². The van der Waals surface area contributed by atoms with E-state index in [0.29, 0.717) is 28.6 Å². The van der Waals surface area contributed by atoms with Crippen molar-refractivity contribution >= 4 is 34.8 Å². The summed E-state index contributed by atoms with van der Waals surface area (Å²) < 4.78 is 24.7. The number of fused-ring (bicyclic) bond motifs is 1. The fourth-order valence-electron chi connectivity index (χ4n) is 3.25. The molecule has 0 atom stereocenters. The number of hydrogen-bond donors (Lipinski definition) is 1. The monoisotopic (exact) mass is 429 g/mol. The molecule has 1 aliphatic heterocycles. The number of anilines is 2. The number of carbonyl (C=O) groups excluding carboxylic acids is 2. The maximum absolute atomic E-state index is 14.0. The van der Waals surface area contributed by atoms with Gasteiger partial charge in [-0.25, -0.2) is 4.39 Å². The van der Waals surface area contributed by atoms with E-state index in [1.807, 2.05) is 0 Å². The first-order valence-electron chi connectivity index (χ1n) is 9.09. The minimum atomic E-state index is -0.725. The summed E-state index contributed by atoms with van der Waals surface area (Å²) in [5, 5.41) is 6.54. The third-order valence-corrected chi connectivity index (χ3v) is 5.16. The van der Waals surface area contributed by atoms with Crippen LogP contribution in [0.4, 0.5) is 15.8 Å². The van der Waals surface area contributed by atoms with Crippen molar-refractivity contribution in [3.8, 4) is 5.75 Å². The molecule has 154 valence electrons. The van der Waals surface area contributed by atoms with Gasteiger partial charge in [-0.2, -0.15) is 0 Å². The standard InChI is InChI=1S/C21H17ClFN3O4/c1-11-14(12(2)30-25-11)9-26-17-8-13(6-7-18(17)29-10-19(26)27)24-21(28)20-15(22)4-3-5-16(20)23/h3-8H,9-10H2,1-2H3,(H,24,28). The zero-order valence-electron chi connectivity index (χ0n) is 16.2. The lowest BCUT2D eigenvalue weighted by Gasteiger charge is -2.29. The molecular weight excluding hydrogens is 413 g/mol. The Morgan fingerprint density at radius 2 is 2.10 bits per heavy atom. The molecule has 0 fully saturated rings. The molecule has 0 spiro atoms. The average Bonchev–Trinajstić information content (AvgIpc) is 3.02. The van der Waals surface area contributed by atoms with Crippen molar-refractivity contribution in [3.05, 3.63) is 69.8 Å². The number of benzene rings is 2. The van der Waals surface area contributed by atoms with Gasteiger partial charge >= 0.3 is 0 Å². The molecule has 2 aromatic carbocycles. The SMILES string of the molecule is Cc1noc(C)c1CN1C(=O)COc2ccc(NC(=O)c3c(F)cccc3Cl)cc21. The van der Waals surface area contributed by atoms with Gasteiger partial charge in [0.25, 0.3) is 11.8 Å². The van der Waals surface area contributed by atoms with Crippen LogP contribution >= 0.6 is 11.6 Å². The number of aryl methyl sites for hydroxylation is 2. The van der Waals surface area contributed by atoms with Gasteiger partial charge in [-0.3, -0.25) is 9.59 Å². The van der Waals surface area contributed by atoms with Crippen LogP contribution in [0.1, 0.15) is 27.4 Å². The predicted molar refractivity (Wildman–Crippen MR) is 108 cm³/mol. The molecule has 30 heavy (non-hydrogen) atoms. The van der Waals surface area contributed by atoms with E-state index < -0.39 is 11.7 Å². The third-order valence-electron chi connectivity index (χ3n) is 4.85. The minimum Gasteiger partial charge on any atom is -0.482 e. The summed E-state index contributed by atoms with van der Waals surface area (Å²) in [7, 11) is 0. The maximum Gasteiger partial charge on any atom is 0.265 e. The Morgan fingerprint density at radius 3 is 2.80 bits per heavy atom. The smallest absolute Gasteiger partial charge is 0.265 e. The highest BCUT2D eigenvalue weighted by Crippen LogP contribution is 2.36. The first-order chi connectivity index (χ1) is 14.3. The Bertz CT molecular complexity index is 1120. The summed E-state index contributed by atoms with van der Waals surface area (Å²) in [6.45, 7) is 3.71. The number of carbonyl (C=O) groups is 2. The molecule has 0 saturated heterocycles. The zero-order chi connectivity index (χ0) is 21.4. The molecule has 3 aromatic rings. The van der Waals surface area contributed by atoms with Crippen LogP contribution in [0.3, 0.4) is 0 Å². The number of halogens is 2. The molecule has 1 N–H and O–H groups in total. The van der Waals surface area contributed by atoms with Gasteiger partial charge in [0.1, 0.15) is 17.3 Å². The van der Waals surface area contributed by atoms with Gasteiger partial charge in [-0.05, 0) is 44.2 Å². The van der Waals surface area contributed by atoms with E-state index >= 15 is 0 Å². The van der Waals surface area contributed by atoms with Crippen molar-refractivity contribution in [2.45, 2.75) is 20.4 Å². The van der Waals surface area contributed by atoms with Gasteiger partial charge < -0.3 is 19.5 Å². The Balaban J connectivity index is 1.65. The maximum atomic E-state index is 14.0. The minimum absolute atomic E-state index is 0.00371. The average molecular weight is 430 g/mol. The van der Waals surface area contributed by atoms with E-state index in [1.54, 1.807) is 32.0 Å². The van der Waals surface area contributed by atoms with Crippen LogP contribution in [0.15, 0.2) is 40.9 Å². The molecule has 1 aliphatic rings. The van der Waals surface area contributed by atoms with E-state index in [0.717, 1.165) is 11.6 Å². The fraction of sp³-hybridized carbons (Fsp3) is 0.190. The van der Waals surface area contributed by atoms with Crippen LogP contribution in [0.25, 0.3) is 0 Å². The normalized spacial score (nSPS) is 13.1. The number of aromatic nitrogens is 1. The second-order valence-electron chi connectivity index (χ2n) is 6.80. The van der Waals surface area contributed by atoms with E-state index in [-0.39, 0.29) is 29.6 Å². The quantitative estimate of drug-likeness (QED) is 0.669. The van der Waals surface area contributed by atoms with Crippen molar-refractivity contribution in [3.63, 3.8) is 0 Å². The van der Waals surface area contributed by atoms with Gasteiger partial charge in [-0.15, -0.1) is 0 Å². The number of ether oxygens (including phenoxy) is 1. The third kappa shape index (κ3) is 3.61. The van der Waals surface area contributed by atoms with E-state index in [9.17, 15) is 14.0 Å². The second-order valence-corrected chi connectivity index (χ2v) is 7.21. The van der Waals surface area contributed by atoms with Crippen LogP contribution in [-0.2, 0) is 11.3 Å². The first kappa shape index (κ1) is 19.9. The summed E-state index contributed by atoms with van der Waals surface area (Å²) in [5.74, 6) is -0.562. The van der Waals surface area contributed by atoms with Crippen molar-refractivity contribution in [1.82, 2.24) is 5.16 Å². The second kappa shape index (κ2) is 7.79. The van der Waals surface area contributed by atoms with Gasteiger partial charge in [-0.1, -0.05) is 22.8 Å². The largest absolute Gasteiger partial charge is 0.482 e. The molecule has 9 heteroatoms. The summed E-state index contributed by atoms with van der Waals surface area (Å²) in [5.41, 5.74) is 2.07. The highest BCUT2D eigenvalue weighted by molar-refractivity contribution is 6.34. The van der Waals surface area contributed by atoms with Gasteiger partial charge in [0.2, 0.25) is 0 Å². The van der Waals surface area contributed by atoms with Crippen molar-refractivity contribution in [2.75, 3.05) is 16.8 Å². The molecular formula is C21H17ClFN3O4. The summed E-state index contributed by atoms with van der Waals surface area (Å²) >= 11 is 5.97. The topological polar surface area (TPSA) is 84.7 Å². The van der Waals surface area contributed by atoms with Crippen LogP contribution in [0, 0.1) is 19.7 Å². The van der Waals surface area contributed by atoms with Crippen LogP contribution in [-0.4, -0.2) is 23.6 Å². The Morgan fingerprint density at radius 1 is 1.30 bits per heavy atom. The highest BCUT2D eigenvalue weighted by Gasteiger charge is 2.28. The predicted octanol–water partition coefficient (Wildman–Crippen LogP) is 4.26. The summed E-state index contributed by atoms with van der Waals surface area (Å²) in [6.07, 6.45) is 0. The molecule has 1 aromatic heterocycles. The van der Waals surface area contributed by atoms with Gasteiger partial charge in [0.15, 0.2) is 6.61 Å². The van der Waals surface area contributed by atoms with Gasteiger partial charge in [0, 0.05) is 11.3 Å². The lowest BCUT2D eigenvalue weighted by atomic mass is 10.1. The van der Waals surface area contributed by atoms with Crippen LogP contribution in [0.5, 0.6) is 5.75 Å². The first-order valence-corrected chi connectivity index (χ1v) is 9.47. The molecule has 7 nitrogen and oxygen atoms in total. The Kier molecular flexibility index (Phi) is 5.17. The molecule has 2 heterocycles. The lowest BCUT2D eigenvalue weighted by molar-refractivity contribution is -0.121. The summed E-state index contributed by atoms with van der Waals surface area (Å²) in [4.78, 5) is 26.6. The molecule has 0 radical (unpaired) electrons. The molecule has 2 amide bonds. The van der Waals surface area contributed by atoms with Crippen molar-refractivity contribution < 1.29 is 23.2 Å². The number of amides is 2.